The largest absolute Gasteiger partial charge is 0.480 e. The van der Waals surface area contributed by atoms with Crippen molar-refractivity contribution < 1.29 is 19.4 Å². The summed E-state index contributed by atoms with van der Waals surface area (Å²) >= 11 is 0. The first-order valence-corrected chi connectivity index (χ1v) is 6.36. The molecule has 2 atom stereocenters. The van der Waals surface area contributed by atoms with Crippen LogP contribution in [-0.2, 0) is 20.7 Å². The van der Waals surface area contributed by atoms with Gasteiger partial charge in [0.25, 0.3) is 5.91 Å². The Hall–Kier alpha value is -1.88. The summed E-state index contributed by atoms with van der Waals surface area (Å²) in [4.78, 5) is 23.1. The van der Waals surface area contributed by atoms with Gasteiger partial charge in [-0.1, -0.05) is 31.2 Å². The minimum Gasteiger partial charge on any atom is -0.480 e. The molecule has 0 fully saturated rings. The van der Waals surface area contributed by atoms with Gasteiger partial charge in [-0.15, -0.1) is 0 Å². The zero-order valence-corrected chi connectivity index (χ0v) is 10.8. The number of rotatable bonds is 4. The van der Waals surface area contributed by atoms with Crippen LogP contribution in [0.3, 0.4) is 0 Å². The molecule has 0 saturated carbocycles. The predicted octanol–water partition coefficient (Wildman–Crippen LogP) is 1.28. The van der Waals surface area contributed by atoms with Gasteiger partial charge >= 0.3 is 5.97 Å². The highest BCUT2D eigenvalue weighted by atomic mass is 16.5. The van der Waals surface area contributed by atoms with E-state index in [1.807, 2.05) is 24.3 Å². The van der Waals surface area contributed by atoms with Crippen molar-refractivity contribution in [2.45, 2.75) is 31.9 Å². The molecule has 19 heavy (non-hydrogen) atoms. The van der Waals surface area contributed by atoms with Crippen molar-refractivity contribution in [3.05, 3.63) is 35.4 Å². The molecule has 5 nitrogen and oxygen atoms in total. The van der Waals surface area contributed by atoms with Crippen LogP contribution in [0, 0.1) is 0 Å². The average Bonchev–Trinajstić information content (AvgIpc) is 2.43. The number of ether oxygens (including phenoxy) is 1. The Bertz CT molecular complexity index is 486. The maximum atomic E-state index is 12.1. The van der Waals surface area contributed by atoms with Crippen LogP contribution in [0.4, 0.5) is 0 Å². The van der Waals surface area contributed by atoms with Crippen molar-refractivity contribution in [2.75, 3.05) is 6.61 Å². The predicted molar refractivity (Wildman–Crippen MR) is 68.7 cm³/mol. The standard InChI is InChI=1S/C14H17NO4/c1-2-11(14(17)18)15-13(16)12-10-6-4-3-5-9(10)7-8-19-12/h3-6,11-12H,2,7-8H2,1H3,(H,15,16)(H,17,18). The molecule has 0 radical (unpaired) electrons. The molecule has 0 aliphatic carbocycles. The number of fused-ring (bicyclic) bond motifs is 1. The van der Waals surface area contributed by atoms with Crippen molar-refractivity contribution in [2.24, 2.45) is 0 Å². The van der Waals surface area contributed by atoms with Gasteiger partial charge in [0, 0.05) is 0 Å². The molecular weight excluding hydrogens is 246 g/mol. The van der Waals surface area contributed by atoms with E-state index in [-0.39, 0.29) is 5.91 Å². The van der Waals surface area contributed by atoms with Crippen LogP contribution in [0.5, 0.6) is 0 Å². The molecule has 0 spiro atoms. The zero-order chi connectivity index (χ0) is 13.8. The maximum absolute atomic E-state index is 12.1. The summed E-state index contributed by atoms with van der Waals surface area (Å²) in [5, 5.41) is 11.5. The number of nitrogens with one attached hydrogen (secondary N) is 1. The second-order valence-corrected chi connectivity index (χ2v) is 4.51. The Morgan fingerprint density at radius 1 is 1.47 bits per heavy atom. The molecule has 1 aromatic rings. The van der Waals surface area contributed by atoms with Crippen LogP contribution in [-0.4, -0.2) is 29.6 Å². The summed E-state index contributed by atoms with van der Waals surface area (Å²) in [6.45, 7) is 2.19. The van der Waals surface area contributed by atoms with Crippen molar-refractivity contribution >= 4 is 11.9 Å². The molecule has 1 heterocycles. The molecule has 2 unspecified atom stereocenters. The van der Waals surface area contributed by atoms with Gasteiger partial charge in [-0.2, -0.15) is 0 Å². The Morgan fingerprint density at radius 2 is 2.21 bits per heavy atom. The summed E-state index contributed by atoms with van der Waals surface area (Å²) in [5.74, 6) is -1.42. The second kappa shape index (κ2) is 5.84. The fourth-order valence-corrected chi connectivity index (χ4v) is 2.20. The molecule has 2 rings (SSSR count). The molecule has 5 heteroatoms. The number of amides is 1. The molecule has 102 valence electrons. The first-order valence-electron chi connectivity index (χ1n) is 6.36. The van der Waals surface area contributed by atoms with E-state index in [0.717, 1.165) is 17.5 Å². The summed E-state index contributed by atoms with van der Waals surface area (Å²) < 4.78 is 5.49. The van der Waals surface area contributed by atoms with Gasteiger partial charge < -0.3 is 15.2 Å². The SMILES string of the molecule is CCC(NC(=O)C1OCCc2ccccc21)C(=O)O. The van der Waals surface area contributed by atoms with Gasteiger partial charge in [0.2, 0.25) is 0 Å². The van der Waals surface area contributed by atoms with E-state index in [0.29, 0.717) is 13.0 Å². The highest BCUT2D eigenvalue weighted by molar-refractivity contribution is 5.87. The normalized spacial score (nSPS) is 19.3. The summed E-state index contributed by atoms with van der Waals surface area (Å²) in [6, 6.07) is 6.71. The molecule has 0 aromatic heterocycles. The van der Waals surface area contributed by atoms with Gasteiger partial charge in [0.15, 0.2) is 6.10 Å². The summed E-state index contributed by atoms with van der Waals surface area (Å²) in [7, 11) is 0. The van der Waals surface area contributed by atoms with Crippen LogP contribution in [0.2, 0.25) is 0 Å². The highest BCUT2D eigenvalue weighted by Gasteiger charge is 2.29. The van der Waals surface area contributed by atoms with E-state index in [1.165, 1.54) is 0 Å². The van der Waals surface area contributed by atoms with Crippen LogP contribution >= 0.6 is 0 Å². The number of benzene rings is 1. The Labute approximate surface area is 111 Å². The number of carboxylic acid groups (broad SMARTS) is 1. The topological polar surface area (TPSA) is 75.6 Å². The monoisotopic (exact) mass is 263 g/mol. The third-order valence-electron chi connectivity index (χ3n) is 3.25. The van der Waals surface area contributed by atoms with Crippen LogP contribution in [0.15, 0.2) is 24.3 Å². The fraction of sp³-hybridized carbons (Fsp3) is 0.429. The third-order valence-corrected chi connectivity index (χ3v) is 3.25. The summed E-state index contributed by atoms with van der Waals surface area (Å²) in [5.41, 5.74) is 1.91. The second-order valence-electron chi connectivity index (χ2n) is 4.51. The molecule has 2 N–H and O–H groups in total. The van der Waals surface area contributed by atoms with E-state index >= 15 is 0 Å². The number of hydrogen-bond acceptors (Lipinski definition) is 3. The van der Waals surface area contributed by atoms with E-state index in [9.17, 15) is 9.59 Å². The van der Waals surface area contributed by atoms with E-state index < -0.39 is 18.1 Å². The first-order chi connectivity index (χ1) is 9.13. The van der Waals surface area contributed by atoms with Gasteiger partial charge in [-0.25, -0.2) is 4.79 Å². The maximum Gasteiger partial charge on any atom is 0.326 e. The molecule has 1 amide bonds. The van der Waals surface area contributed by atoms with E-state index in [4.69, 9.17) is 9.84 Å². The summed E-state index contributed by atoms with van der Waals surface area (Å²) in [6.07, 6.45) is 0.407. The minimum absolute atomic E-state index is 0.343. The molecule has 0 saturated heterocycles. The third kappa shape index (κ3) is 2.93. The van der Waals surface area contributed by atoms with Gasteiger partial charge in [-0.05, 0) is 24.0 Å². The molecular formula is C14H17NO4. The van der Waals surface area contributed by atoms with E-state index in [1.54, 1.807) is 6.92 Å². The number of carbonyl (C=O) groups excluding carboxylic acids is 1. The number of aliphatic carboxylic acids is 1. The van der Waals surface area contributed by atoms with Crippen molar-refractivity contribution in [1.82, 2.24) is 5.32 Å². The van der Waals surface area contributed by atoms with Crippen molar-refractivity contribution in [1.29, 1.82) is 0 Å². The lowest BCUT2D eigenvalue weighted by atomic mass is 9.97. The zero-order valence-electron chi connectivity index (χ0n) is 10.8. The smallest absolute Gasteiger partial charge is 0.326 e. The Kier molecular flexibility index (Phi) is 4.16. The first kappa shape index (κ1) is 13.5. The lowest BCUT2D eigenvalue weighted by Crippen LogP contribution is -2.44. The molecule has 1 aliphatic heterocycles. The van der Waals surface area contributed by atoms with Gasteiger partial charge in [0.05, 0.1) is 6.61 Å². The van der Waals surface area contributed by atoms with Crippen molar-refractivity contribution in [3.63, 3.8) is 0 Å². The minimum atomic E-state index is -1.03. The number of hydrogen-bond donors (Lipinski definition) is 2. The van der Waals surface area contributed by atoms with Gasteiger partial charge in [-0.3, -0.25) is 4.79 Å². The van der Waals surface area contributed by atoms with Crippen molar-refractivity contribution in [3.8, 4) is 0 Å². The van der Waals surface area contributed by atoms with Gasteiger partial charge in [0.1, 0.15) is 6.04 Å². The van der Waals surface area contributed by atoms with E-state index in [2.05, 4.69) is 5.32 Å². The molecule has 1 aromatic carbocycles. The highest BCUT2D eigenvalue weighted by Crippen LogP contribution is 2.27. The number of carboxylic acids is 1. The fourth-order valence-electron chi connectivity index (χ4n) is 2.20. The molecule has 1 aliphatic rings. The van der Waals surface area contributed by atoms with Crippen LogP contribution in [0.1, 0.15) is 30.6 Å². The molecule has 0 bridgehead atoms. The quantitative estimate of drug-likeness (QED) is 0.858. The van der Waals surface area contributed by atoms with Crippen LogP contribution < -0.4 is 5.32 Å². The average molecular weight is 263 g/mol. The Balaban J connectivity index is 2.15. The van der Waals surface area contributed by atoms with Crippen LogP contribution in [0.25, 0.3) is 0 Å². The lowest BCUT2D eigenvalue weighted by Gasteiger charge is -2.26. The lowest BCUT2D eigenvalue weighted by molar-refractivity contribution is -0.145. The number of carbonyl (C=O) groups is 2. The Morgan fingerprint density at radius 3 is 2.89 bits per heavy atom.